The van der Waals surface area contributed by atoms with Crippen molar-refractivity contribution in [2.75, 3.05) is 30.5 Å². The smallest absolute Gasteiger partial charge is 0.323 e. The van der Waals surface area contributed by atoms with Gasteiger partial charge in [0.25, 0.3) is 0 Å². The van der Waals surface area contributed by atoms with Crippen molar-refractivity contribution in [1.29, 1.82) is 0 Å². The number of nitrogens with one attached hydrogen (secondary N) is 3. The average molecular weight is 475 g/mol. The number of carbonyl (C=O) groups excluding carboxylic acids is 2. The zero-order chi connectivity index (χ0) is 24.2. The molecule has 0 aliphatic heterocycles. The number of benzene rings is 3. The number of anilines is 3. The predicted octanol–water partition coefficient (Wildman–Crippen LogP) is 5.21. The highest BCUT2D eigenvalue weighted by molar-refractivity contribution is 6.30. The van der Waals surface area contributed by atoms with Gasteiger partial charge in [0.1, 0.15) is 0 Å². The van der Waals surface area contributed by atoms with Crippen LogP contribution in [-0.4, -0.2) is 41.1 Å². The van der Waals surface area contributed by atoms with Crippen molar-refractivity contribution in [3.05, 3.63) is 77.3 Å². The minimum Gasteiger partial charge on any atom is -0.382 e. The maximum atomic E-state index is 12.3. The molecule has 0 aliphatic rings. The molecule has 1 aromatic heterocycles. The van der Waals surface area contributed by atoms with Gasteiger partial charge in [0, 0.05) is 42.1 Å². The third-order valence-corrected chi connectivity index (χ3v) is 5.40. The molecule has 1 heterocycles. The quantitative estimate of drug-likeness (QED) is 0.297. The highest BCUT2D eigenvalue weighted by Gasteiger charge is 2.13. The van der Waals surface area contributed by atoms with E-state index >= 15 is 0 Å². The number of nitrogens with two attached hydrogens (primary N) is 1. The third kappa shape index (κ3) is 5.02. The lowest BCUT2D eigenvalue weighted by molar-refractivity contribution is -0.123. The van der Waals surface area contributed by atoms with E-state index in [9.17, 15) is 9.59 Å². The van der Waals surface area contributed by atoms with E-state index in [2.05, 4.69) is 20.8 Å². The average Bonchev–Trinajstić information content (AvgIpc) is 3.20. The van der Waals surface area contributed by atoms with Crippen LogP contribution in [0.15, 0.2) is 66.7 Å². The number of hydrogen-bond donors (Lipinski definition) is 4. The van der Waals surface area contributed by atoms with Crippen LogP contribution < -0.4 is 16.4 Å². The Balaban J connectivity index is 1.55. The van der Waals surface area contributed by atoms with Crippen LogP contribution in [0.1, 0.15) is 5.56 Å². The minimum absolute atomic E-state index is 0.118. The van der Waals surface area contributed by atoms with E-state index in [4.69, 9.17) is 17.3 Å². The molecule has 3 aromatic carbocycles. The van der Waals surface area contributed by atoms with Gasteiger partial charge >= 0.3 is 6.03 Å². The first-order chi connectivity index (χ1) is 16.3. The fraction of sp³-hybridized carbons (Fsp3) is 0.0800. The Bertz CT molecular complexity index is 1390. The Labute approximate surface area is 201 Å². The SMILES string of the molecule is CN(C)C(=O)/C=C/c1ccc(-c2ccc(NC(=O)Nc3cccc(Cl)c3)cc2)c2c(N)n[nH]c12. The number of nitrogens with zero attached hydrogens (tertiary/aromatic N) is 2. The summed E-state index contributed by atoms with van der Waals surface area (Å²) < 4.78 is 0. The van der Waals surface area contributed by atoms with E-state index in [1.165, 1.54) is 11.0 Å². The number of aromatic nitrogens is 2. The number of H-pyrrole nitrogens is 1. The van der Waals surface area contributed by atoms with E-state index in [0.29, 0.717) is 22.2 Å². The largest absolute Gasteiger partial charge is 0.382 e. The molecule has 172 valence electrons. The fourth-order valence-electron chi connectivity index (χ4n) is 3.46. The van der Waals surface area contributed by atoms with Crippen molar-refractivity contribution in [1.82, 2.24) is 15.1 Å². The van der Waals surface area contributed by atoms with Gasteiger partial charge in [-0.2, -0.15) is 5.10 Å². The first-order valence-corrected chi connectivity index (χ1v) is 10.8. The number of halogens is 1. The van der Waals surface area contributed by atoms with E-state index in [1.54, 1.807) is 56.6 Å². The molecule has 0 unspecified atom stereocenters. The first-order valence-electron chi connectivity index (χ1n) is 10.4. The molecule has 4 aromatic rings. The van der Waals surface area contributed by atoms with Crippen LogP contribution in [0, 0.1) is 0 Å². The van der Waals surface area contributed by atoms with Gasteiger partial charge in [-0.1, -0.05) is 41.9 Å². The normalized spacial score (nSPS) is 11.0. The molecule has 0 saturated carbocycles. The van der Waals surface area contributed by atoms with Gasteiger partial charge in [0.2, 0.25) is 5.91 Å². The standard InChI is InChI=1S/C25H23ClN6O2/c1-32(2)21(33)13-9-16-8-12-20(22-23(16)30-31-24(22)27)15-6-10-18(11-7-15)28-25(34)29-19-5-3-4-17(26)14-19/h3-14H,1-2H3,(H3,27,30,31)(H2,28,29,34)/b13-9+. The topological polar surface area (TPSA) is 116 Å². The Kier molecular flexibility index (Phi) is 6.51. The molecular weight excluding hydrogens is 452 g/mol. The second-order valence-electron chi connectivity index (χ2n) is 7.79. The fourth-order valence-corrected chi connectivity index (χ4v) is 3.65. The van der Waals surface area contributed by atoms with Gasteiger partial charge in [-0.15, -0.1) is 0 Å². The summed E-state index contributed by atoms with van der Waals surface area (Å²) in [6.07, 6.45) is 3.23. The number of fused-ring (bicyclic) bond motifs is 1. The van der Waals surface area contributed by atoms with Crippen LogP contribution in [0.5, 0.6) is 0 Å². The summed E-state index contributed by atoms with van der Waals surface area (Å²) in [6.45, 7) is 0. The van der Waals surface area contributed by atoms with Gasteiger partial charge in [-0.25, -0.2) is 4.79 Å². The number of likely N-dealkylation sites (N-methyl/N-ethyl adjacent to an activating group) is 1. The second kappa shape index (κ2) is 9.68. The van der Waals surface area contributed by atoms with Crippen molar-refractivity contribution in [3.63, 3.8) is 0 Å². The monoisotopic (exact) mass is 474 g/mol. The third-order valence-electron chi connectivity index (χ3n) is 5.16. The van der Waals surface area contributed by atoms with Crippen LogP contribution in [0.4, 0.5) is 22.0 Å². The highest BCUT2D eigenvalue weighted by Crippen LogP contribution is 2.34. The number of rotatable bonds is 5. The zero-order valence-electron chi connectivity index (χ0n) is 18.6. The van der Waals surface area contributed by atoms with Crippen molar-refractivity contribution < 1.29 is 9.59 Å². The number of urea groups is 1. The molecule has 0 spiro atoms. The maximum Gasteiger partial charge on any atom is 0.323 e. The highest BCUT2D eigenvalue weighted by atomic mass is 35.5. The van der Waals surface area contributed by atoms with Gasteiger partial charge in [0.05, 0.1) is 10.9 Å². The van der Waals surface area contributed by atoms with Gasteiger partial charge in [-0.05, 0) is 47.5 Å². The number of hydrogen-bond acceptors (Lipinski definition) is 4. The molecular formula is C25H23ClN6O2. The minimum atomic E-state index is -0.375. The van der Waals surface area contributed by atoms with Crippen molar-refractivity contribution >= 4 is 57.7 Å². The summed E-state index contributed by atoms with van der Waals surface area (Å²) in [5.41, 5.74) is 10.7. The molecule has 3 amide bonds. The molecule has 4 rings (SSSR count). The molecule has 0 atom stereocenters. The lowest BCUT2D eigenvalue weighted by Gasteiger charge is -2.10. The molecule has 0 saturated heterocycles. The van der Waals surface area contributed by atoms with Crippen LogP contribution in [0.2, 0.25) is 5.02 Å². The van der Waals surface area contributed by atoms with E-state index < -0.39 is 0 Å². The van der Waals surface area contributed by atoms with E-state index in [0.717, 1.165) is 27.6 Å². The van der Waals surface area contributed by atoms with Crippen molar-refractivity contribution in [2.45, 2.75) is 0 Å². The van der Waals surface area contributed by atoms with Gasteiger partial charge in [-0.3, -0.25) is 9.89 Å². The Morgan fingerprint density at radius 1 is 1.03 bits per heavy atom. The van der Waals surface area contributed by atoms with Gasteiger partial charge < -0.3 is 21.3 Å². The first kappa shape index (κ1) is 22.9. The van der Waals surface area contributed by atoms with Crippen molar-refractivity contribution in [3.8, 4) is 11.1 Å². The van der Waals surface area contributed by atoms with E-state index in [1.807, 2.05) is 24.3 Å². The van der Waals surface area contributed by atoms with Crippen LogP contribution >= 0.6 is 11.6 Å². The Morgan fingerprint density at radius 2 is 1.76 bits per heavy atom. The van der Waals surface area contributed by atoms with Crippen LogP contribution in [-0.2, 0) is 4.79 Å². The molecule has 0 fully saturated rings. The molecule has 5 N–H and O–H groups in total. The number of nitrogen functional groups attached to an aromatic ring is 1. The van der Waals surface area contributed by atoms with Crippen LogP contribution in [0.3, 0.4) is 0 Å². The molecule has 0 aliphatic carbocycles. The number of amides is 3. The summed E-state index contributed by atoms with van der Waals surface area (Å²) in [5, 5.41) is 14.0. The zero-order valence-corrected chi connectivity index (χ0v) is 19.4. The van der Waals surface area contributed by atoms with Crippen LogP contribution in [0.25, 0.3) is 28.1 Å². The number of carbonyl (C=O) groups is 2. The Morgan fingerprint density at radius 3 is 2.47 bits per heavy atom. The summed E-state index contributed by atoms with van der Waals surface area (Å²) >= 11 is 5.95. The lowest BCUT2D eigenvalue weighted by atomic mass is 9.98. The maximum absolute atomic E-state index is 12.3. The van der Waals surface area contributed by atoms with Gasteiger partial charge in [0.15, 0.2) is 5.82 Å². The van der Waals surface area contributed by atoms with E-state index in [-0.39, 0.29) is 11.9 Å². The molecule has 0 bridgehead atoms. The summed E-state index contributed by atoms with van der Waals surface area (Å²) in [5.74, 6) is 0.245. The molecule has 9 heteroatoms. The second-order valence-corrected chi connectivity index (χ2v) is 8.23. The van der Waals surface area contributed by atoms with Crippen molar-refractivity contribution in [2.24, 2.45) is 0 Å². The number of aromatic amines is 1. The lowest BCUT2D eigenvalue weighted by Crippen LogP contribution is -2.19. The molecule has 34 heavy (non-hydrogen) atoms. The molecule has 0 radical (unpaired) electrons. The predicted molar refractivity (Wildman–Crippen MR) is 138 cm³/mol. The summed E-state index contributed by atoms with van der Waals surface area (Å²) in [4.78, 5) is 25.7. The Hall–Kier alpha value is -4.30. The summed E-state index contributed by atoms with van der Waals surface area (Å²) in [6, 6.07) is 17.8. The molecule has 8 nitrogen and oxygen atoms in total. The summed E-state index contributed by atoms with van der Waals surface area (Å²) in [7, 11) is 3.39.